The lowest BCUT2D eigenvalue weighted by molar-refractivity contribution is 0.104. The molecule has 32 heavy (non-hydrogen) atoms. The molecule has 0 saturated carbocycles. The van der Waals surface area contributed by atoms with Crippen LogP contribution in [-0.4, -0.2) is 36.9 Å². The number of ether oxygens (including phenoxy) is 1. The Bertz CT molecular complexity index is 1220. The highest BCUT2D eigenvalue weighted by molar-refractivity contribution is 14.1. The first-order chi connectivity index (χ1) is 15.7. The molecule has 1 aromatic heterocycles. The quantitative estimate of drug-likeness (QED) is 0.185. The van der Waals surface area contributed by atoms with E-state index in [1.807, 2.05) is 54.6 Å². The largest absolute Gasteiger partial charge is 0.492 e. The standard InChI is InChI=1S/C27H24INO2S/c28-21-11-7-19(8-12-21)26(30)25-23-5-1-2-6-24(23)32-27(25)20-9-13-22(14-10-20)31-18-17-29-15-3-4-16-29/h1-2,5-14H,3-4,15-18H2. The summed E-state index contributed by atoms with van der Waals surface area (Å²) in [5.74, 6) is 0.944. The minimum Gasteiger partial charge on any atom is -0.492 e. The summed E-state index contributed by atoms with van der Waals surface area (Å²) in [5.41, 5.74) is 2.55. The van der Waals surface area contributed by atoms with Crippen molar-refractivity contribution in [1.82, 2.24) is 4.90 Å². The molecule has 0 unspecified atom stereocenters. The minimum absolute atomic E-state index is 0.0692. The minimum atomic E-state index is 0.0692. The highest BCUT2D eigenvalue weighted by atomic mass is 127. The van der Waals surface area contributed by atoms with Gasteiger partial charge in [0.2, 0.25) is 0 Å². The lowest BCUT2D eigenvalue weighted by atomic mass is 9.98. The van der Waals surface area contributed by atoms with Gasteiger partial charge in [-0.05, 0) is 109 Å². The topological polar surface area (TPSA) is 29.5 Å². The summed E-state index contributed by atoms with van der Waals surface area (Å²) in [7, 11) is 0. The summed E-state index contributed by atoms with van der Waals surface area (Å²) >= 11 is 3.94. The summed E-state index contributed by atoms with van der Waals surface area (Å²) in [5, 5.41) is 1.02. The van der Waals surface area contributed by atoms with Crippen LogP contribution in [0, 0.1) is 3.57 Å². The lowest BCUT2D eigenvalue weighted by Crippen LogP contribution is -2.25. The third-order valence-corrected chi connectivity index (χ3v) is 7.86. The van der Waals surface area contributed by atoms with E-state index in [9.17, 15) is 4.79 Å². The Balaban J connectivity index is 1.42. The van der Waals surface area contributed by atoms with Gasteiger partial charge in [-0.25, -0.2) is 0 Å². The van der Waals surface area contributed by atoms with Gasteiger partial charge in [-0.15, -0.1) is 11.3 Å². The number of nitrogens with zero attached hydrogens (tertiary/aromatic N) is 1. The number of hydrogen-bond donors (Lipinski definition) is 0. The Kier molecular flexibility index (Phi) is 6.57. The first-order valence-corrected chi connectivity index (χ1v) is 12.9. The summed E-state index contributed by atoms with van der Waals surface area (Å²) in [4.78, 5) is 17.0. The van der Waals surface area contributed by atoms with Crippen LogP contribution in [-0.2, 0) is 0 Å². The SMILES string of the molecule is O=C(c1ccc(I)cc1)c1c(-c2ccc(OCCN3CCCC3)cc2)sc2ccccc12. The number of hydrogen-bond acceptors (Lipinski definition) is 4. The molecular weight excluding hydrogens is 529 g/mol. The number of halogens is 1. The van der Waals surface area contributed by atoms with Crippen molar-refractivity contribution < 1.29 is 9.53 Å². The van der Waals surface area contributed by atoms with Crippen LogP contribution in [0.4, 0.5) is 0 Å². The average molecular weight is 553 g/mol. The maximum absolute atomic E-state index is 13.5. The lowest BCUT2D eigenvalue weighted by Gasteiger charge is -2.15. The molecule has 4 aromatic rings. The van der Waals surface area contributed by atoms with Crippen LogP contribution < -0.4 is 4.74 Å². The fourth-order valence-electron chi connectivity index (χ4n) is 4.22. The summed E-state index contributed by atoms with van der Waals surface area (Å²) in [6, 6.07) is 24.1. The second kappa shape index (κ2) is 9.73. The van der Waals surface area contributed by atoms with Gasteiger partial charge >= 0.3 is 0 Å². The first kappa shape index (κ1) is 21.6. The Labute approximate surface area is 206 Å². The van der Waals surface area contributed by atoms with Gasteiger partial charge in [-0.2, -0.15) is 0 Å². The Morgan fingerprint density at radius 1 is 0.938 bits per heavy atom. The number of ketones is 1. The molecule has 162 valence electrons. The Morgan fingerprint density at radius 3 is 2.41 bits per heavy atom. The van der Waals surface area contributed by atoms with Crippen molar-refractivity contribution >= 4 is 49.8 Å². The van der Waals surface area contributed by atoms with Crippen molar-refractivity contribution in [2.24, 2.45) is 0 Å². The molecule has 5 rings (SSSR count). The number of carbonyl (C=O) groups excluding carboxylic acids is 1. The summed E-state index contributed by atoms with van der Waals surface area (Å²) < 4.78 is 8.22. The highest BCUT2D eigenvalue weighted by Crippen LogP contribution is 2.40. The molecule has 1 aliphatic heterocycles. The monoisotopic (exact) mass is 553 g/mol. The zero-order valence-corrected chi connectivity index (χ0v) is 20.7. The van der Waals surface area contributed by atoms with Gasteiger partial charge in [0.15, 0.2) is 5.78 Å². The number of likely N-dealkylation sites (tertiary alicyclic amines) is 1. The van der Waals surface area contributed by atoms with E-state index in [2.05, 4.69) is 45.7 Å². The van der Waals surface area contributed by atoms with E-state index in [0.717, 1.165) is 47.5 Å². The van der Waals surface area contributed by atoms with Crippen molar-refractivity contribution in [3.8, 4) is 16.2 Å². The Morgan fingerprint density at radius 2 is 1.66 bits per heavy atom. The van der Waals surface area contributed by atoms with Crippen molar-refractivity contribution in [3.05, 3.63) is 87.5 Å². The second-order valence-corrected chi connectivity index (χ2v) is 10.4. The van der Waals surface area contributed by atoms with Gasteiger partial charge in [0, 0.05) is 36.2 Å². The fraction of sp³-hybridized carbons (Fsp3) is 0.222. The average Bonchev–Trinajstić information content (AvgIpc) is 3.47. The maximum atomic E-state index is 13.5. The van der Waals surface area contributed by atoms with Gasteiger partial charge in [0.1, 0.15) is 12.4 Å². The van der Waals surface area contributed by atoms with E-state index in [1.165, 1.54) is 25.9 Å². The van der Waals surface area contributed by atoms with E-state index in [0.29, 0.717) is 6.61 Å². The molecule has 0 amide bonds. The molecular formula is C27H24INO2S. The van der Waals surface area contributed by atoms with Gasteiger partial charge in [-0.1, -0.05) is 18.2 Å². The van der Waals surface area contributed by atoms with Crippen LogP contribution >= 0.6 is 33.9 Å². The first-order valence-electron chi connectivity index (χ1n) is 11.0. The van der Waals surface area contributed by atoms with Crippen molar-refractivity contribution in [2.75, 3.05) is 26.2 Å². The van der Waals surface area contributed by atoms with E-state index in [4.69, 9.17) is 4.74 Å². The number of rotatable bonds is 7. The molecule has 0 spiro atoms. The number of carbonyl (C=O) groups is 1. The highest BCUT2D eigenvalue weighted by Gasteiger charge is 2.21. The molecule has 2 heterocycles. The van der Waals surface area contributed by atoms with Gasteiger partial charge in [0.25, 0.3) is 0 Å². The second-order valence-electron chi connectivity index (χ2n) is 8.06. The van der Waals surface area contributed by atoms with Crippen molar-refractivity contribution in [1.29, 1.82) is 0 Å². The number of thiophene rings is 1. The Hall–Kier alpha value is -2.22. The van der Waals surface area contributed by atoms with E-state index < -0.39 is 0 Å². The summed E-state index contributed by atoms with van der Waals surface area (Å²) in [6.45, 7) is 4.06. The van der Waals surface area contributed by atoms with Crippen LogP contribution in [0.3, 0.4) is 0 Å². The molecule has 5 heteroatoms. The molecule has 1 fully saturated rings. The van der Waals surface area contributed by atoms with E-state index in [1.54, 1.807) is 11.3 Å². The molecule has 3 nitrogen and oxygen atoms in total. The van der Waals surface area contributed by atoms with Crippen LogP contribution in [0.15, 0.2) is 72.8 Å². The maximum Gasteiger partial charge on any atom is 0.195 e. The predicted molar refractivity (Wildman–Crippen MR) is 141 cm³/mol. The zero-order valence-electron chi connectivity index (χ0n) is 17.7. The molecule has 1 aliphatic rings. The zero-order chi connectivity index (χ0) is 21.9. The van der Waals surface area contributed by atoms with Crippen LogP contribution in [0.2, 0.25) is 0 Å². The molecule has 0 radical (unpaired) electrons. The van der Waals surface area contributed by atoms with Gasteiger partial charge < -0.3 is 4.74 Å². The third kappa shape index (κ3) is 4.60. The predicted octanol–water partition coefficient (Wildman–Crippen LogP) is 6.88. The van der Waals surface area contributed by atoms with E-state index in [-0.39, 0.29) is 5.78 Å². The van der Waals surface area contributed by atoms with Crippen LogP contribution in [0.25, 0.3) is 20.5 Å². The number of benzene rings is 3. The van der Waals surface area contributed by atoms with Gasteiger partial charge in [0.05, 0.1) is 0 Å². The fourth-order valence-corrected chi connectivity index (χ4v) is 5.79. The third-order valence-electron chi connectivity index (χ3n) is 5.92. The molecule has 0 bridgehead atoms. The van der Waals surface area contributed by atoms with Crippen LogP contribution in [0.1, 0.15) is 28.8 Å². The molecule has 0 atom stereocenters. The number of fused-ring (bicyclic) bond motifs is 1. The van der Waals surface area contributed by atoms with Gasteiger partial charge in [-0.3, -0.25) is 9.69 Å². The van der Waals surface area contributed by atoms with Crippen molar-refractivity contribution in [3.63, 3.8) is 0 Å². The summed E-state index contributed by atoms with van der Waals surface area (Å²) in [6.07, 6.45) is 2.60. The normalized spacial score (nSPS) is 14.2. The molecule has 1 saturated heterocycles. The molecule has 3 aromatic carbocycles. The molecule has 0 aliphatic carbocycles. The van der Waals surface area contributed by atoms with Crippen LogP contribution in [0.5, 0.6) is 5.75 Å². The smallest absolute Gasteiger partial charge is 0.195 e. The van der Waals surface area contributed by atoms with Crippen molar-refractivity contribution in [2.45, 2.75) is 12.8 Å². The molecule has 0 N–H and O–H groups in total. The van der Waals surface area contributed by atoms with E-state index >= 15 is 0 Å².